The van der Waals surface area contributed by atoms with Crippen LogP contribution in [0.5, 0.6) is 0 Å². The summed E-state index contributed by atoms with van der Waals surface area (Å²) in [7, 11) is 0. The van der Waals surface area contributed by atoms with Crippen molar-refractivity contribution in [3.63, 3.8) is 0 Å². The minimum absolute atomic E-state index is 0.0574. The lowest BCUT2D eigenvalue weighted by molar-refractivity contribution is 0.598. The van der Waals surface area contributed by atoms with Gasteiger partial charge in [0.25, 0.3) is 0 Å². The molecule has 0 bridgehead atoms. The first-order chi connectivity index (χ1) is 17.4. The van der Waals surface area contributed by atoms with E-state index in [1.54, 1.807) is 0 Å². The molecule has 0 fully saturated rings. The highest BCUT2D eigenvalue weighted by molar-refractivity contribution is 6.18. The number of hydrogen-bond donors (Lipinski definition) is 0. The van der Waals surface area contributed by atoms with E-state index in [1.807, 2.05) is 0 Å². The number of para-hydroxylation sites is 1. The van der Waals surface area contributed by atoms with Gasteiger partial charge in [0, 0.05) is 16.5 Å². The van der Waals surface area contributed by atoms with Crippen LogP contribution < -0.4 is 0 Å². The number of aryl methyl sites for hydroxylation is 1. The van der Waals surface area contributed by atoms with Gasteiger partial charge in [-0.3, -0.25) is 0 Å². The molecule has 0 saturated carbocycles. The molecule has 0 spiro atoms. The Morgan fingerprint density at radius 1 is 0.528 bits per heavy atom. The summed E-state index contributed by atoms with van der Waals surface area (Å²) in [6.45, 7) is 9.21. The van der Waals surface area contributed by atoms with Crippen molar-refractivity contribution < 1.29 is 0 Å². The van der Waals surface area contributed by atoms with Crippen LogP contribution in [0.15, 0.2) is 115 Å². The van der Waals surface area contributed by atoms with E-state index in [1.165, 1.54) is 60.9 Å². The molecule has 0 N–H and O–H groups in total. The van der Waals surface area contributed by atoms with Crippen LogP contribution in [-0.2, 0) is 5.41 Å². The zero-order valence-electron chi connectivity index (χ0n) is 21.4. The number of nitrogens with zero attached hydrogens (tertiary/aromatic N) is 1. The molecule has 0 saturated heterocycles. The Kier molecular flexibility index (Phi) is 5.30. The summed E-state index contributed by atoms with van der Waals surface area (Å²) in [5.74, 6) is 0. The molecule has 0 aliphatic rings. The highest BCUT2D eigenvalue weighted by Crippen LogP contribution is 2.46. The van der Waals surface area contributed by atoms with Gasteiger partial charge in [-0.1, -0.05) is 117 Å². The van der Waals surface area contributed by atoms with Crippen molar-refractivity contribution in [2.24, 2.45) is 0 Å². The summed E-state index contributed by atoms with van der Waals surface area (Å²) in [4.78, 5) is 0. The van der Waals surface area contributed by atoms with Gasteiger partial charge in [-0.25, -0.2) is 0 Å². The molecule has 6 rings (SSSR count). The normalized spacial score (nSPS) is 11.9. The molecule has 36 heavy (non-hydrogen) atoms. The summed E-state index contributed by atoms with van der Waals surface area (Å²) in [6.07, 6.45) is 0. The largest absolute Gasteiger partial charge is 0.309 e. The van der Waals surface area contributed by atoms with Crippen molar-refractivity contribution in [1.29, 1.82) is 0 Å². The smallest absolute Gasteiger partial charge is 0.0547 e. The number of benzene rings is 5. The van der Waals surface area contributed by atoms with Gasteiger partial charge in [0.15, 0.2) is 0 Å². The molecule has 0 atom stereocenters. The Morgan fingerprint density at radius 3 is 1.86 bits per heavy atom. The van der Waals surface area contributed by atoms with Gasteiger partial charge < -0.3 is 4.57 Å². The molecule has 1 nitrogen and oxygen atoms in total. The fourth-order valence-corrected chi connectivity index (χ4v) is 5.70. The third-order valence-corrected chi connectivity index (χ3v) is 7.14. The maximum atomic E-state index is 2.44. The average Bonchev–Trinajstić information content (AvgIpc) is 3.23. The van der Waals surface area contributed by atoms with Crippen LogP contribution in [0.4, 0.5) is 0 Å². The Morgan fingerprint density at radius 2 is 1.17 bits per heavy atom. The third kappa shape index (κ3) is 3.63. The molecule has 1 aromatic heterocycles. The second-order valence-corrected chi connectivity index (χ2v) is 10.7. The van der Waals surface area contributed by atoms with Crippen molar-refractivity contribution in [1.82, 2.24) is 4.57 Å². The summed E-state index contributed by atoms with van der Waals surface area (Å²) in [5.41, 5.74) is 11.4. The second kappa shape index (κ2) is 8.53. The Bertz CT molecular complexity index is 1700. The highest BCUT2D eigenvalue weighted by atomic mass is 15.0. The lowest BCUT2D eigenvalue weighted by Gasteiger charge is -2.25. The number of rotatable bonds is 3. The minimum atomic E-state index is -0.0574. The standard InChI is InChI=1S/C35H31N/c1-24-13-11-16-26(23-24)29-21-22-31-33(34(29)35(2,3)4)32-28(25-14-7-5-8-15-25)19-12-20-30(32)36(31)27-17-9-6-10-18-27/h5-23H,1-4H3. The van der Waals surface area contributed by atoms with Gasteiger partial charge in [0.05, 0.1) is 11.0 Å². The SMILES string of the molecule is Cc1cccc(-c2ccc3c(c2C(C)(C)C)c2c(-c4ccccc4)cccc2n3-c2ccccc2)c1. The first kappa shape index (κ1) is 22.4. The first-order valence-corrected chi connectivity index (χ1v) is 12.7. The van der Waals surface area contributed by atoms with E-state index in [9.17, 15) is 0 Å². The van der Waals surface area contributed by atoms with Crippen LogP contribution in [0.3, 0.4) is 0 Å². The van der Waals surface area contributed by atoms with Crippen LogP contribution in [0.2, 0.25) is 0 Å². The fraction of sp³-hybridized carbons (Fsp3) is 0.143. The van der Waals surface area contributed by atoms with Gasteiger partial charge in [0.1, 0.15) is 0 Å². The van der Waals surface area contributed by atoms with E-state index in [4.69, 9.17) is 0 Å². The Hall–Kier alpha value is -4.10. The van der Waals surface area contributed by atoms with Gasteiger partial charge >= 0.3 is 0 Å². The van der Waals surface area contributed by atoms with Crippen molar-refractivity contribution in [2.75, 3.05) is 0 Å². The van der Waals surface area contributed by atoms with E-state index < -0.39 is 0 Å². The maximum Gasteiger partial charge on any atom is 0.0547 e. The lowest BCUT2D eigenvalue weighted by Crippen LogP contribution is -2.13. The minimum Gasteiger partial charge on any atom is -0.309 e. The monoisotopic (exact) mass is 465 g/mol. The molecule has 0 radical (unpaired) electrons. The van der Waals surface area contributed by atoms with Gasteiger partial charge in [-0.05, 0) is 64.4 Å². The Balaban J connectivity index is 1.85. The van der Waals surface area contributed by atoms with Crippen LogP contribution in [-0.4, -0.2) is 4.57 Å². The second-order valence-electron chi connectivity index (χ2n) is 10.7. The van der Waals surface area contributed by atoms with Crippen molar-refractivity contribution in [3.8, 4) is 27.9 Å². The van der Waals surface area contributed by atoms with Crippen LogP contribution in [0, 0.1) is 6.92 Å². The van der Waals surface area contributed by atoms with Crippen LogP contribution in [0.25, 0.3) is 49.7 Å². The molecule has 0 aliphatic heterocycles. The van der Waals surface area contributed by atoms with Gasteiger partial charge in [-0.2, -0.15) is 0 Å². The zero-order chi connectivity index (χ0) is 24.9. The number of aromatic nitrogens is 1. The van der Waals surface area contributed by atoms with E-state index >= 15 is 0 Å². The molecular weight excluding hydrogens is 434 g/mol. The quantitative estimate of drug-likeness (QED) is 0.245. The van der Waals surface area contributed by atoms with Crippen molar-refractivity contribution in [3.05, 3.63) is 126 Å². The molecule has 0 aliphatic carbocycles. The van der Waals surface area contributed by atoms with E-state index in [0.29, 0.717) is 0 Å². The zero-order valence-corrected chi connectivity index (χ0v) is 21.4. The predicted octanol–water partition coefficient (Wildman–Crippen LogP) is 9.72. The number of fused-ring (bicyclic) bond motifs is 3. The molecule has 5 aromatic carbocycles. The van der Waals surface area contributed by atoms with Gasteiger partial charge in [0.2, 0.25) is 0 Å². The molecule has 176 valence electrons. The van der Waals surface area contributed by atoms with Crippen molar-refractivity contribution >= 4 is 21.8 Å². The van der Waals surface area contributed by atoms with Crippen molar-refractivity contribution in [2.45, 2.75) is 33.1 Å². The fourth-order valence-electron chi connectivity index (χ4n) is 5.70. The summed E-state index contributed by atoms with van der Waals surface area (Å²) in [5, 5.41) is 2.67. The number of hydrogen-bond acceptors (Lipinski definition) is 0. The van der Waals surface area contributed by atoms with E-state index in [0.717, 1.165) is 0 Å². The summed E-state index contributed by atoms with van der Waals surface area (Å²) < 4.78 is 2.44. The molecule has 6 aromatic rings. The molecule has 0 amide bonds. The predicted molar refractivity (Wildman–Crippen MR) is 155 cm³/mol. The average molecular weight is 466 g/mol. The molecule has 1 heterocycles. The summed E-state index contributed by atoms with van der Waals surface area (Å²) >= 11 is 0. The first-order valence-electron chi connectivity index (χ1n) is 12.7. The molecule has 0 unspecified atom stereocenters. The Labute approximate surface area is 213 Å². The highest BCUT2D eigenvalue weighted by Gasteiger charge is 2.27. The topological polar surface area (TPSA) is 4.93 Å². The van der Waals surface area contributed by atoms with Gasteiger partial charge in [-0.15, -0.1) is 0 Å². The molecular formula is C35H31N. The van der Waals surface area contributed by atoms with E-state index in [-0.39, 0.29) is 5.41 Å². The lowest BCUT2D eigenvalue weighted by atomic mass is 9.78. The van der Waals surface area contributed by atoms with Crippen LogP contribution in [0.1, 0.15) is 31.9 Å². The summed E-state index contributed by atoms with van der Waals surface area (Å²) in [6, 6.07) is 41.9. The van der Waals surface area contributed by atoms with E-state index in [2.05, 4.69) is 148 Å². The maximum absolute atomic E-state index is 2.44. The van der Waals surface area contributed by atoms with Crippen LogP contribution >= 0.6 is 0 Å². The molecule has 1 heteroatoms. The third-order valence-electron chi connectivity index (χ3n) is 7.14.